The van der Waals surface area contributed by atoms with E-state index in [0.29, 0.717) is 11.7 Å². The Morgan fingerprint density at radius 1 is 1.20 bits per heavy atom. The highest BCUT2D eigenvalue weighted by atomic mass is 16.3. The summed E-state index contributed by atoms with van der Waals surface area (Å²) >= 11 is 0. The van der Waals surface area contributed by atoms with Gasteiger partial charge in [-0.1, -0.05) is 0 Å². The fourth-order valence-corrected chi connectivity index (χ4v) is 1.64. The topological polar surface area (TPSA) is 80.0 Å². The van der Waals surface area contributed by atoms with Crippen LogP contribution in [0.25, 0.3) is 6.08 Å². The second kappa shape index (κ2) is 6.01. The maximum atomic E-state index is 11.6. The fourth-order valence-electron chi connectivity index (χ4n) is 1.64. The van der Waals surface area contributed by atoms with Crippen LogP contribution in [-0.2, 0) is 4.79 Å². The SMILES string of the molecule is Cc1cc(C)nc(NNC(=O)/C=C/c2ccc(C)o2)n1. The molecule has 0 saturated heterocycles. The van der Waals surface area contributed by atoms with Gasteiger partial charge in [0.15, 0.2) is 0 Å². The molecule has 2 aromatic heterocycles. The minimum atomic E-state index is -0.318. The third-order valence-corrected chi connectivity index (χ3v) is 2.44. The molecule has 104 valence electrons. The number of hydrazine groups is 1. The first-order chi connectivity index (χ1) is 9.52. The maximum absolute atomic E-state index is 11.6. The minimum absolute atomic E-state index is 0.318. The summed E-state index contributed by atoms with van der Waals surface area (Å²) in [4.78, 5) is 19.9. The Morgan fingerprint density at radius 3 is 2.50 bits per heavy atom. The van der Waals surface area contributed by atoms with Crippen molar-refractivity contribution in [3.63, 3.8) is 0 Å². The van der Waals surface area contributed by atoms with Gasteiger partial charge in [0.05, 0.1) is 0 Å². The van der Waals surface area contributed by atoms with Gasteiger partial charge >= 0.3 is 0 Å². The van der Waals surface area contributed by atoms with Crippen LogP contribution in [0.4, 0.5) is 5.95 Å². The van der Waals surface area contributed by atoms with Crippen LogP contribution in [0.15, 0.2) is 28.7 Å². The van der Waals surface area contributed by atoms with E-state index < -0.39 is 0 Å². The fraction of sp³-hybridized carbons (Fsp3) is 0.214. The number of amides is 1. The Kier molecular flexibility index (Phi) is 4.14. The highest BCUT2D eigenvalue weighted by Gasteiger charge is 2.01. The van der Waals surface area contributed by atoms with E-state index in [1.807, 2.05) is 32.9 Å². The zero-order valence-corrected chi connectivity index (χ0v) is 11.6. The van der Waals surface area contributed by atoms with Gasteiger partial charge < -0.3 is 4.42 Å². The van der Waals surface area contributed by atoms with Crippen molar-refractivity contribution in [1.82, 2.24) is 15.4 Å². The lowest BCUT2D eigenvalue weighted by Gasteiger charge is -2.06. The Morgan fingerprint density at radius 2 is 1.90 bits per heavy atom. The monoisotopic (exact) mass is 272 g/mol. The molecule has 2 N–H and O–H groups in total. The normalized spacial score (nSPS) is 10.8. The zero-order valence-electron chi connectivity index (χ0n) is 11.6. The Balaban J connectivity index is 1.90. The molecule has 2 rings (SSSR count). The molecule has 0 spiro atoms. The molecule has 0 bridgehead atoms. The molecule has 2 aromatic rings. The molecule has 6 heteroatoms. The number of aryl methyl sites for hydroxylation is 3. The van der Waals surface area contributed by atoms with Crippen molar-refractivity contribution in [3.05, 3.63) is 47.2 Å². The highest BCUT2D eigenvalue weighted by molar-refractivity contribution is 5.91. The molecule has 0 saturated carbocycles. The summed E-state index contributed by atoms with van der Waals surface area (Å²) in [6, 6.07) is 5.48. The number of carbonyl (C=O) groups excluding carboxylic acids is 1. The third kappa shape index (κ3) is 3.94. The summed E-state index contributed by atoms with van der Waals surface area (Å²) in [6.07, 6.45) is 2.96. The first-order valence-corrected chi connectivity index (χ1v) is 6.16. The molecule has 2 heterocycles. The number of anilines is 1. The van der Waals surface area contributed by atoms with Crippen LogP contribution in [0.2, 0.25) is 0 Å². The Bertz CT molecular complexity index is 626. The Hall–Kier alpha value is -2.63. The van der Waals surface area contributed by atoms with Crippen molar-refractivity contribution in [3.8, 4) is 0 Å². The largest absolute Gasteiger partial charge is 0.462 e. The van der Waals surface area contributed by atoms with Gasteiger partial charge in [0.1, 0.15) is 11.5 Å². The lowest BCUT2D eigenvalue weighted by atomic mass is 10.4. The van der Waals surface area contributed by atoms with Crippen LogP contribution < -0.4 is 10.9 Å². The molecule has 0 aromatic carbocycles. The van der Waals surface area contributed by atoms with Gasteiger partial charge in [0, 0.05) is 17.5 Å². The summed E-state index contributed by atoms with van der Waals surface area (Å²) in [5.41, 5.74) is 6.81. The smallest absolute Gasteiger partial charge is 0.262 e. The summed E-state index contributed by atoms with van der Waals surface area (Å²) < 4.78 is 5.32. The van der Waals surface area contributed by atoms with E-state index >= 15 is 0 Å². The third-order valence-electron chi connectivity index (χ3n) is 2.44. The highest BCUT2D eigenvalue weighted by Crippen LogP contribution is 2.07. The van der Waals surface area contributed by atoms with Crippen molar-refractivity contribution < 1.29 is 9.21 Å². The van der Waals surface area contributed by atoms with Gasteiger partial charge in [-0.05, 0) is 45.0 Å². The number of hydrogen-bond donors (Lipinski definition) is 2. The van der Waals surface area contributed by atoms with Crippen LogP contribution in [0.3, 0.4) is 0 Å². The number of rotatable bonds is 4. The van der Waals surface area contributed by atoms with Crippen molar-refractivity contribution in [2.75, 3.05) is 5.43 Å². The molecule has 0 unspecified atom stereocenters. The van der Waals surface area contributed by atoms with E-state index in [9.17, 15) is 4.79 Å². The number of nitrogens with zero attached hydrogens (tertiary/aromatic N) is 2. The van der Waals surface area contributed by atoms with E-state index in [-0.39, 0.29) is 5.91 Å². The Labute approximate surface area is 116 Å². The molecule has 0 aliphatic rings. The summed E-state index contributed by atoms with van der Waals surface area (Å²) in [7, 11) is 0. The molecule has 1 amide bonds. The maximum Gasteiger partial charge on any atom is 0.262 e. The first kappa shape index (κ1) is 13.8. The quantitative estimate of drug-likeness (QED) is 0.658. The minimum Gasteiger partial charge on any atom is -0.462 e. The lowest BCUT2D eigenvalue weighted by molar-refractivity contribution is -0.116. The molecule has 0 fully saturated rings. The number of aromatic nitrogens is 2. The zero-order chi connectivity index (χ0) is 14.5. The summed E-state index contributed by atoms with van der Waals surface area (Å²) in [5, 5.41) is 0. The van der Waals surface area contributed by atoms with Crippen molar-refractivity contribution in [2.24, 2.45) is 0 Å². The van der Waals surface area contributed by atoms with Crippen molar-refractivity contribution in [2.45, 2.75) is 20.8 Å². The van der Waals surface area contributed by atoms with Gasteiger partial charge in [-0.25, -0.2) is 9.97 Å². The predicted molar refractivity (Wildman–Crippen MR) is 75.8 cm³/mol. The average molecular weight is 272 g/mol. The number of hydrogen-bond acceptors (Lipinski definition) is 5. The average Bonchev–Trinajstić information content (AvgIpc) is 2.79. The van der Waals surface area contributed by atoms with Gasteiger partial charge in [-0.15, -0.1) is 0 Å². The van der Waals surface area contributed by atoms with Crippen LogP contribution in [0.5, 0.6) is 0 Å². The molecule has 0 radical (unpaired) electrons. The van der Waals surface area contributed by atoms with Gasteiger partial charge in [-0.3, -0.25) is 15.6 Å². The molecular weight excluding hydrogens is 256 g/mol. The van der Waals surface area contributed by atoms with Crippen molar-refractivity contribution in [1.29, 1.82) is 0 Å². The number of nitrogens with one attached hydrogen (secondary N) is 2. The molecule has 0 aliphatic heterocycles. The van der Waals surface area contributed by atoms with Gasteiger partial charge in [-0.2, -0.15) is 0 Å². The second-order valence-corrected chi connectivity index (χ2v) is 4.37. The van der Waals surface area contributed by atoms with E-state index in [1.165, 1.54) is 6.08 Å². The summed E-state index contributed by atoms with van der Waals surface area (Å²) in [5.74, 6) is 1.46. The van der Waals surface area contributed by atoms with Crippen LogP contribution >= 0.6 is 0 Å². The molecule has 0 atom stereocenters. The van der Waals surface area contributed by atoms with Crippen LogP contribution in [0.1, 0.15) is 22.9 Å². The van der Waals surface area contributed by atoms with Crippen LogP contribution in [0, 0.1) is 20.8 Å². The standard InChI is InChI=1S/C14H16N4O2/c1-9-8-10(2)16-14(15-9)18-17-13(19)7-6-12-5-4-11(3)20-12/h4-8H,1-3H3,(H,17,19)(H,15,16,18)/b7-6+. The second-order valence-electron chi connectivity index (χ2n) is 4.37. The lowest BCUT2D eigenvalue weighted by Crippen LogP contribution is -2.28. The van der Waals surface area contributed by atoms with E-state index in [0.717, 1.165) is 17.1 Å². The van der Waals surface area contributed by atoms with Gasteiger partial charge in [0.2, 0.25) is 5.95 Å². The summed E-state index contributed by atoms with van der Waals surface area (Å²) in [6.45, 7) is 5.57. The molecule has 0 aliphatic carbocycles. The molecular formula is C14H16N4O2. The van der Waals surface area contributed by atoms with Crippen LogP contribution in [-0.4, -0.2) is 15.9 Å². The van der Waals surface area contributed by atoms with Gasteiger partial charge in [0.25, 0.3) is 5.91 Å². The number of carbonyl (C=O) groups is 1. The first-order valence-electron chi connectivity index (χ1n) is 6.16. The molecule has 6 nitrogen and oxygen atoms in total. The van der Waals surface area contributed by atoms with E-state index in [1.54, 1.807) is 12.1 Å². The predicted octanol–water partition coefficient (Wildman–Crippen LogP) is 2.15. The van der Waals surface area contributed by atoms with E-state index in [4.69, 9.17) is 4.42 Å². The molecule has 20 heavy (non-hydrogen) atoms. The number of furan rings is 1. The van der Waals surface area contributed by atoms with Crippen molar-refractivity contribution >= 4 is 17.9 Å². The van der Waals surface area contributed by atoms with E-state index in [2.05, 4.69) is 20.8 Å².